The molecule has 0 bridgehead atoms. The van der Waals surface area contributed by atoms with E-state index in [1.54, 1.807) is 0 Å². The predicted octanol–water partition coefficient (Wildman–Crippen LogP) is 6.47. The van der Waals surface area contributed by atoms with Gasteiger partial charge in [-0.05, 0) is 52.4 Å². The molecule has 0 rings (SSSR count). The molecule has 13 heteroatoms. The second-order valence-electron chi connectivity index (χ2n) is 13.1. The maximum atomic E-state index is 12.4. The van der Waals surface area contributed by atoms with Crippen LogP contribution in [0.4, 0.5) is 0 Å². The number of nitrogens with one attached hydrogen (secondary N) is 3. The van der Waals surface area contributed by atoms with Gasteiger partial charge < -0.3 is 36.1 Å². The van der Waals surface area contributed by atoms with Gasteiger partial charge in [-0.15, -0.1) is 6.58 Å². The molecule has 0 heterocycles. The molecule has 0 aromatic heterocycles. The van der Waals surface area contributed by atoms with Crippen molar-refractivity contribution in [2.75, 3.05) is 0 Å². The molecule has 0 saturated carbocycles. The Bertz CT molecular complexity index is 1060. The molecular formula is C38H67N3O10. The van der Waals surface area contributed by atoms with E-state index in [0.717, 1.165) is 25.7 Å². The van der Waals surface area contributed by atoms with Crippen LogP contribution in [0, 0.1) is 0 Å². The standard InChI is InChI=1S/C36H61N3O10.C2H6/c1-26(2)18-16-14-12-10-8-6-4-5-7-9-11-13-15-17-19-31(41)37-29(35(46)47)22-24-33(43)39-30(36(48)49)23-25-32(42)38-28(34(44)45)21-20-27(3)40;1-2/h28-30H,1,4-25H2,2-3H3,(H,37,41)(H,38,42)(H,39,43)(H,44,45)(H,46,47)(H,48,49);1-2H3/t28-,29-,30-;/m0./s1. The number of allylic oxidation sites excluding steroid dienone is 1. The van der Waals surface area contributed by atoms with Crippen molar-refractivity contribution in [1.29, 1.82) is 0 Å². The largest absolute Gasteiger partial charge is 0.480 e. The van der Waals surface area contributed by atoms with E-state index in [4.69, 9.17) is 0 Å². The first-order chi connectivity index (χ1) is 24.2. The number of Topliss-reactive ketones (excluding diaryl/α,β-unsaturated/α-hetero) is 1. The van der Waals surface area contributed by atoms with Gasteiger partial charge in [-0.25, -0.2) is 14.4 Å². The molecule has 13 nitrogen and oxygen atoms in total. The maximum absolute atomic E-state index is 12.4. The first-order valence-corrected chi connectivity index (χ1v) is 18.9. The lowest BCUT2D eigenvalue weighted by atomic mass is 10.0. The highest BCUT2D eigenvalue weighted by atomic mass is 16.4. The average Bonchev–Trinajstić information content (AvgIpc) is 3.06. The molecule has 0 aliphatic rings. The molecular weight excluding hydrogens is 658 g/mol. The predicted molar refractivity (Wildman–Crippen MR) is 197 cm³/mol. The van der Waals surface area contributed by atoms with Gasteiger partial charge in [0.1, 0.15) is 23.9 Å². The molecule has 0 radical (unpaired) electrons. The van der Waals surface area contributed by atoms with Crippen LogP contribution in [0.25, 0.3) is 0 Å². The van der Waals surface area contributed by atoms with Gasteiger partial charge >= 0.3 is 17.9 Å². The minimum Gasteiger partial charge on any atom is -0.480 e. The molecule has 0 fully saturated rings. The van der Waals surface area contributed by atoms with Gasteiger partial charge in [0.05, 0.1) is 0 Å². The highest BCUT2D eigenvalue weighted by Gasteiger charge is 2.26. The highest BCUT2D eigenvalue weighted by Crippen LogP contribution is 2.15. The number of carbonyl (C=O) groups excluding carboxylic acids is 4. The molecule has 0 saturated heterocycles. The summed E-state index contributed by atoms with van der Waals surface area (Å²) in [5.74, 6) is -6.29. The van der Waals surface area contributed by atoms with Crippen LogP contribution in [-0.4, -0.2) is 74.9 Å². The Balaban J connectivity index is 0. The van der Waals surface area contributed by atoms with Gasteiger partial charge in [-0.2, -0.15) is 0 Å². The zero-order valence-corrected chi connectivity index (χ0v) is 31.7. The lowest BCUT2D eigenvalue weighted by Crippen LogP contribution is -2.45. The number of carbonyl (C=O) groups is 7. The van der Waals surface area contributed by atoms with Gasteiger partial charge in [0.2, 0.25) is 17.7 Å². The fraction of sp³-hybridized carbons (Fsp3) is 0.763. The van der Waals surface area contributed by atoms with E-state index >= 15 is 0 Å². The third-order valence-corrected chi connectivity index (χ3v) is 8.26. The Labute approximate surface area is 305 Å². The smallest absolute Gasteiger partial charge is 0.326 e. The number of rotatable bonds is 32. The Morgan fingerprint density at radius 2 is 0.686 bits per heavy atom. The van der Waals surface area contributed by atoms with Crippen molar-refractivity contribution in [2.45, 2.75) is 187 Å². The normalized spacial score (nSPS) is 12.3. The van der Waals surface area contributed by atoms with Crippen molar-refractivity contribution in [2.24, 2.45) is 0 Å². The van der Waals surface area contributed by atoms with Crippen molar-refractivity contribution in [1.82, 2.24) is 16.0 Å². The van der Waals surface area contributed by atoms with Crippen LogP contribution in [0.5, 0.6) is 0 Å². The van der Waals surface area contributed by atoms with Crippen molar-refractivity contribution in [3.05, 3.63) is 12.2 Å². The molecule has 6 N–H and O–H groups in total. The third-order valence-electron chi connectivity index (χ3n) is 8.26. The summed E-state index contributed by atoms with van der Waals surface area (Å²) in [6, 6.07) is -4.12. The summed E-state index contributed by atoms with van der Waals surface area (Å²) >= 11 is 0. The molecule has 0 aliphatic carbocycles. The van der Waals surface area contributed by atoms with E-state index in [1.807, 2.05) is 13.8 Å². The van der Waals surface area contributed by atoms with Gasteiger partial charge in [0.25, 0.3) is 0 Å². The summed E-state index contributed by atoms with van der Waals surface area (Å²) in [7, 11) is 0. The molecule has 0 spiro atoms. The zero-order valence-electron chi connectivity index (χ0n) is 31.7. The third kappa shape index (κ3) is 30.8. The first kappa shape index (κ1) is 49.3. The van der Waals surface area contributed by atoms with Gasteiger partial charge in [-0.3, -0.25) is 14.4 Å². The van der Waals surface area contributed by atoms with Gasteiger partial charge in [-0.1, -0.05) is 96.5 Å². The molecule has 0 aromatic rings. The van der Waals surface area contributed by atoms with Crippen LogP contribution < -0.4 is 16.0 Å². The fourth-order valence-corrected chi connectivity index (χ4v) is 5.30. The van der Waals surface area contributed by atoms with Gasteiger partial charge in [0, 0.05) is 25.7 Å². The van der Waals surface area contributed by atoms with E-state index in [2.05, 4.69) is 29.5 Å². The fourth-order valence-electron chi connectivity index (χ4n) is 5.30. The van der Waals surface area contributed by atoms with Crippen molar-refractivity contribution < 1.29 is 48.9 Å². The minimum atomic E-state index is -1.48. The number of carboxylic acids is 3. The molecule has 3 amide bonds. The summed E-state index contributed by atoms with van der Waals surface area (Å²) < 4.78 is 0. The number of amides is 3. The SMILES string of the molecule is C=C(C)CCCCCCCCCCCCCCCCC(=O)N[C@@H](CCC(=O)N[C@@H](CCC(=O)N[C@@H](CCC(C)=O)C(=O)O)C(=O)O)C(=O)O.CC. The van der Waals surface area contributed by atoms with Crippen LogP contribution >= 0.6 is 0 Å². The molecule has 0 aliphatic heterocycles. The maximum Gasteiger partial charge on any atom is 0.326 e. The van der Waals surface area contributed by atoms with E-state index in [9.17, 15) is 48.9 Å². The number of hydrogen-bond donors (Lipinski definition) is 6. The molecule has 294 valence electrons. The van der Waals surface area contributed by atoms with Crippen LogP contribution in [0.3, 0.4) is 0 Å². The molecule has 51 heavy (non-hydrogen) atoms. The van der Waals surface area contributed by atoms with Crippen molar-refractivity contribution >= 4 is 41.4 Å². The Kier molecular flexibility index (Phi) is 31.1. The Hall–Kier alpha value is -3.77. The first-order valence-electron chi connectivity index (χ1n) is 18.9. The van der Waals surface area contributed by atoms with Crippen LogP contribution in [0.2, 0.25) is 0 Å². The number of hydrogen-bond acceptors (Lipinski definition) is 7. The number of ketones is 1. The van der Waals surface area contributed by atoms with E-state index in [1.165, 1.54) is 76.7 Å². The monoisotopic (exact) mass is 725 g/mol. The number of unbranched alkanes of at least 4 members (excludes halogenated alkanes) is 13. The van der Waals surface area contributed by atoms with E-state index < -0.39 is 60.2 Å². The number of carboxylic acid groups (broad SMARTS) is 3. The van der Waals surface area contributed by atoms with Gasteiger partial charge in [0.15, 0.2) is 0 Å². The van der Waals surface area contributed by atoms with Crippen LogP contribution in [-0.2, 0) is 33.6 Å². The quantitative estimate of drug-likeness (QED) is 0.0328. The Morgan fingerprint density at radius 1 is 0.431 bits per heavy atom. The summed E-state index contributed by atoms with van der Waals surface area (Å²) in [6.45, 7) is 11.3. The summed E-state index contributed by atoms with van der Waals surface area (Å²) in [5, 5.41) is 35.1. The second kappa shape index (κ2) is 32.2. The van der Waals surface area contributed by atoms with Crippen LogP contribution in [0.15, 0.2) is 12.2 Å². The second-order valence-corrected chi connectivity index (χ2v) is 13.1. The summed E-state index contributed by atoms with van der Waals surface area (Å²) in [5.41, 5.74) is 1.27. The minimum absolute atomic E-state index is 0.0547. The lowest BCUT2D eigenvalue weighted by molar-refractivity contribution is -0.144. The highest BCUT2D eigenvalue weighted by molar-refractivity contribution is 5.87. The number of aliphatic carboxylic acids is 3. The summed E-state index contributed by atoms with van der Waals surface area (Å²) in [6.07, 6.45) is 16.0. The lowest BCUT2D eigenvalue weighted by Gasteiger charge is -2.18. The average molecular weight is 726 g/mol. The molecule has 3 atom stereocenters. The van der Waals surface area contributed by atoms with Crippen molar-refractivity contribution in [3.8, 4) is 0 Å². The Morgan fingerprint density at radius 3 is 0.961 bits per heavy atom. The van der Waals surface area contributed by atoms with Crippen molar-refractivity contribution in [3.63, 3.8) is 0 Å². The van der Waals surface area contributed by atoms with E-state index in [0.29, 0.717) is 6.42 Å². The summed E-state index contributed by atoms with van der Waals surface area (Å²) in [4.78, 5) is 82.6. The molecule has 0 aromatic carbocycles. The molecule has 0 unspecified atom stereocenters. The topological polar surface area (TPSA) is 216 Å². The van der Waals surface area contributed by atoms with Crippen LogP contribution in [0.1, 0.15) is 169 Å². The van der Waals surface area contributed by atoms with E-state index in [-0.39, 0.29) is 44.3 Å². The zero-order chi connectivity index (χ0) is 39.0.